The lowest BCUT2D eigenvalue weighted by Crippen LogP contribution is -2.29. The van der Waals surface area contributed by atoms with E-state index < -0.39 is 0 Å². The summed E-state index contributed by atoms with van der Waals surface area (Å²) in [6.45, 7) is 8.63. The summed E-state index contributed by atoms with van der Waals surface area (Å²) < 4.78 is 3.04. The van der Waals surface area contributed by atoms with Crippen LogP contribution in [0.5, 0.6) is 0 Å². The maximum Gasteiger partial charge on any atom is 0.253 e. The number of amides is 2. The highest BCUT2D eigenvalue weighted by Crippen LogP contribution is 2.27. The molecular formula is C24H27ClIN5O2S. The fraction of sp³-hybridized carbons (Fsp3) is 0.333. The van der Waals surface area contributed by atoms with E-state index in [1.54, 1.807) is 24.3 Å². The summed E-state index contributed by atoms with van der Waals surface area (Å²) >= 11 is 9.73. The van der Waals surface area contributed by atoms with Gasteiger partial charge in [0, 0.05) is 15.8 Å². The van der Waals surface area contributed by atoms with Gasteiger partial charge in [-0.2, -0.15) is 0 Å². The number of rotatable bonds is 9. The first-order chi connectivity index (χ1) is 16.2. The van der Waals surface area contributed by atoms with Crippen LogP contribution >= 0.6 is 46.0 Å². The predicted octanol–water partition coefficient (Wildman–Crippen LogP) is 5.90. The molecule has 0 saturated carbocycles. The van der Waals surface area contributed by atoms with Gasteiger partial charge in [-0.1, -0.05) is 49.3 Å². The number of thioether (sulfide) groups is 1. The molecule has 7 nitrogen and oxygen atoms in total. The maximum atomic E-state index is 12.7. The summed E-state index contributed by atoms with van der Waals surface area (Å²) in [6.07, 6.45) is 0. The summed E-state index contributed by atoms with van der Waals surface area (Å²) in [6, 6.07) is 12.5. The van der Waals surface area contributed by atoms with Crippen LogP contribution < -0.4 is 10.6 Å². The smallest absolute Gasteiger partial charge is 0.253 e. The van der Waals surface area contributed by atoms with E-state index in [4.69, 9.17) is 11.6 Å². The van der Waals surface area contributed by atoms with Crippen molar-refractivity contribution in [3.63, 3.8) is 0 Å². The van der Waals surface area contributed by atoms with E-state index >= 15 is 0 Å². The topological polar surface area (TPSA) is 88.9 Å². The minimum Gasteiger partial charge on any atom is -0.342 e. The van der Waals surface area contributed by atoms with Crippen LogP contribution in [-0.4, -0.2) is 32.3 Å². The van der Waals surface area contributed by atoms with Crippen LogP contribution in [0.4, 0.5) is 5.69 Å². The Morgan fingerprint density at radius 3 is 2.56 bits per heavy atom. The molecular weight excluding hydrogens is 585 g/mol. The van der Waals surface area contributed by atoms with E-state index in [0.717, 1.165) is 14.8 Å². The SMILES string of the molecule is CCn1c(SCC(=O)Nc2ccc(I)cc2C(C)C)nnc1[C@H](C)NC(=O)c1ccccc1Cl. The third kappa shape index (κ3) is 6.51. The quantitative estimate of drug-likeness (QED) is 0.232. The third-order valence-electron chi connectivity index (χ3n) is 5.16. The lowest BCUT2D eigenvalue weighted by Gasteiger charge is -2.16. The summed E-state index contributed by atoms with van der Waals surface area (Å²) in [5.74, 6) is 0.717. The number of halogens is 2. The Morgan fingerprint density at radius 2 is 1.88 bits per heavy atom. The van der Waals surface area contributed by atoms with Gasteiger partial charge in [0.1, 0.15) is 0 Å². The highest BCUT2D eigenvalue weighted by atomic mass is 127. The van der Waals surface area contributed by atoms with Gasteiger partial charge in [0.15, 0.2) is 11.0 Å². The number of nitrogens with one attached hydrogen (secondary N) is 2. The Balaban J connectivity index is 1.66. The van der Waals surface area contributed by atoms with Gasteiger partial charge in [0.05, 0.1) is 22.4 Å². The highest BCUT2D eigenvalue weighted by molar-refractivity contribution is 14.1. The first-order valence-corrected chi connectivity index (χ1v) is 13.4. The minimum atomic E-state index is -0.389. The molecule has 34 heavy (non-hydrogen) atoms. The normalized spacial score (nSPS) is 12.0. The van der Waals surface area contributed by atoms with Crippen molar-refractivity contribution in [3.05, 3.63) is 68.0 Å². The monoisotopic (exact) mass is 611 g/mol. The molecule has 0 saturated heterocycles. The Kier molecular flexibility index (Phi) is 9.38. The summed E-state index contributed by atoms with van der Waals surface area (Å²) in [4.78, 5) is 25.3. The van der Waals surface area contributed by atoms with Crippen LogP contribution in [0.3, 0.4) is 0 Å². The summed E-state index contributed by atoms with van der Waals surface area (Å²) in [5.41, 5.74) is 2.34. The Hall–Kier alpha value is -2.11. The fourth-order valence-corrected chi connectivity index (χ4v) is 5.00. The Labute approximate surface area is 222 Å². The second-order valence-electron chi connectivity index (χ2n) is 7.98. The summed E-state index contributed by atoms with van der Waals surface area (Å²) in [7, 11) is 0. The van der Waals surface area contributed by atoms with E-state index in [9.17, 15) is 9.59 Å². The molecule has 2 N–H and O–H groups in total. The number of carbonyl (C=O) groups is 2. The number of carbonyl (C=O) groups excluding carboxylic acids is 2. The van der Waals surface area contributed by atoms with Crippen LogP contribution in [0.2, 0.25) is 5.02 Å². The molecule has 0 spiro atoms. The lowest BCUT2D eigenvalue weighted by molar-refractivity contribution is -0.113. The molecule has 10 heteroatoms. The maximum absolute atomic E-state index is 12.7. The van der Waals surface area contributed by atoms with E-state index in [0.29, 0.717) is 34.0 Å². The lowest BCUT2D eigenvalue weighted by atomic mass is 10.0. The second kappa shape index (κ2) is 12.0. The number of aromatic nitrogens is 3. The highest BCUT2D eigenvalue weighted by Gasteiger charge is 2.21. The standard InChI is InChI=1S/C24H27ClIN5O2S/c1-5-31-22(15(4)27-23(33)17-8-6-7-9-19(17)25)29-30-24(31)34-13-21(32)28-20-11-10-16(26)12-18(20)14(2)3/h6-12,14-15H,5,13H2,1-4H3,(H,27,33)(H,28,32)/t15-/m0/s1. The molecule has 0 unspecified atom stereocenters. The van der Waals surface area contributed by atoms with Gasteiger partial charge in [-0.3, -0.25) is 9.59 Å². The number of anilines is 1. The molecule has 1 aromatic heterocycles. The van der Waals surface area contributed by atoms with Crippen molar-refractivity contribution in [3.8, 4) is 0 Å². The van der Waals surface area contributed by atoms with Gasteiger partial charge in [-0.25, -0.2) is 0 Å². The number of nitrogens with zero attached hydrogens (tertiary/aromatic N) is 3. The van der Waals surface area contributed by atoms with Crippen molar-refractivity contribution in [1.29, 1.82) is 0 Å². The van der Waals surface area contributed by atoms with E-state index in [1.165, 1.54) is 11.8 Å². The minimum absolute atomic E-state index is 0.111. The molecule has 3 rings (SSSR count). The zero-order valence-corrected chi connectivity index (χ0v) is 23.2. The van der Waals surface area contributed by atoms with E-state index in [1.807, 2.05) is 30.5 Å². The number of benzene rings is 2. The third-order valence-corrected chi connectivity index (χ3v) is 7.12. The first-order valence-electron chi connectivity index (χ1n) is 10.9. The average Bonchev–Trinajstić information content (AvgIpc) is 3.22. The Bertz CT molecular complexity index is 1180. The fourth-order valence-electron chi connectivity index (χ4n) is 3.45. The van der Waals surface area contributed by atoms with Crippen LogP contribution in [0.1, 0.15) is 61.4 Å². The molecule has 1 atom stereocenters. The second-order valence-corrected chi connectivity index (χ2v) is 10.6. The van der Waals surface area contributed by atoms with Crippen molar-refractivity contribution in [2.45, 2.75) is 51.4 Å². The van der Waals surface area contributed by atoms with Gasteiger partial charge in [0.2, 0.25) is 5.91 Å². The zero-order chi connectivity index (χ0) is 24.8. The average molecular weight is 612 g/mol. The number of hydrogen-bond acceptors (Lipinski definition) is 5. The molecule has 0 radical (unpaired) electrons. The molecule has 2 amide bonds. The van der Waals surface area contributed by atoms with Crippen molar-refractivity contribution >= 4 is 63.5 Å². The predicted molar refractivity (Wildman–Crippen MR) is 146 cm³/mol. The summed E-state index contributed by atoms with van der Waals surface area (Å²) in [5, 5.41) is 15.5. The molecule has 1 heterocycles. The molecule has 0 bridgehead atoms. The van der Waals surface area contributed by atoms with Crippen molar-refractivity contribution in [2.75, 3.05) is 11.1 Å². The van der Waals surface area contributed by atoms with E-state index in [2.05, 4.69) is 63.3 Å². The van der Waals surface area contributed by atoms with Crippen LogP contribution in [0.15, 0.2) is 47.6 Å². The van der Waals surface area contributed by atoms with E-state index in [-0.39, 0.29) is 23.6 Å². The van der Waals surface area contributed by atoms with Crippen LogP contribution in [0.25, 0.3) is 0 Å². The van der Waals surface area contributed by atoms with Gasteiger partial charge >= 0.3 is 0 Å². The van der Waals surface area contributed by atoms with Crippen molar-refractivity contribution in [1.82, 2.24) is 20.1 Å². The molecule has 0 aliphatic heterocycles. The van der Waals surface area contributed by atoms with Crippen molar-refractivity contribution < 1.29 is 9.59 Å². The molecule has 0 aliphatic carbocycles. The molecule has 2 aromatic carbocycles. The van der Waals surface area contributed by atoms with Crippen LogP contribution in [0, 0.1) is 3.57 Å². The zero-order valence-electron chi connectivity index (χ0n) is 19.4. The van der Waals surface area contributed by atoms with Gasteiger partial charge < -0.3 is 15.2 Å². The molecule has 3 aromatic rings. The van der Waals surface area contributed by atoms with Gasteiger partial charge in [-0.05, 0) is 78.3 Å². The Morgan fingerprint density at radius 1 is 1.15 bits per heavy atom. The molecule has 180 valence electrons. The molecule has 0 aliphatic rings. The molecule has 0 fully saturated rings. The van der Waals surface area contributed by atoms with Crippen molar-refractivity contribution in [2.24, 2.45) is 0 Å². The number of hydrogen-bond donors (Lipinski definition) is 2. The largest absolute Gasteiger partial charge is 0.342 e. The van der Waals surface area contributed by atoms with Crippen LogP contribution in [-0.2, 0) is 11.3 Å². The van der Waals surface area contributed by atoms with Gasteiger partial charge in [-0.15, -0.1) is 10.2 Å². The van der Waals surface area contributed by atoms with Gasteiger partial charge in [0.25, 0.3) is 5.91 Å². The first kappa shape index (κ1) is 26.5.